The van der Waals surface area contributed by atoms with Crippen LogP contribution in [0.4, 0.5) is 18.9 Å². The maximum Gasteiger partial charge on any atom is 0.418 e. The number of amides is 1. The van der Waals surface area contributed by atoms with Gasteiger partial charge in [0.2, 0.25) is 5.91 Å². The lowest BCUT2D eigenvalue weighted by atomic mass is 10.1. The molecule has 9 heteroatoms. The Hall–Kier alpha value is -1.94. The van der Waals surface area contributed by atoms with E-state index in [0.717, 1.165) is 19.2 Å². The lowest BCUT2D eigenvalue weighted by Gasteiger charge is -2.34. The van der Waals surface area contributed by atoms with Crippen molar-refractivity contribution in [2.24, 2.45) is 0 Å². The van der Waals surface area contributed by atoms with E-state index >= 15 is 0 Å². The Labute approximate surface area is 171 Å². The predicted molar refractivity (Wildman–Crippen MR) is 107 cm³/mol. The number of nitrogens with one attached hydrogen (secondary N) is 2. The van der Waals surface area contributed by atoms with Crippen molar-refractivity contribution < 1.29 is 22.7 Å². The smallest absolute Gasteiger partial charge is 0.379 e. The molecule has 2 unspecified atom stereocenters. The number of halogens is 3. The van der Waals surface area contributed by atoms with Gasteiger partial charge >= 0.3 is 6.18 Å². The van der Waals surface area contributed by atoms with Crippen LogP contribution in [-0.4, -0.2) is 49.7 Å². The number of benzene rings is 1. The molecule has 1 aliphatic heterocycles. The van der Waals surface area contributed by atoms with Crippen molar-refractivity contribution in [1.82, 2.24) is 10.2 Å². The lowest BCUT2D eigenvalue weighted by molar-refractivity contribution is -0.137. The number of carbonyl (C=O) groups is 1. The maximum atomic E-state index is 13.1. The minimum atomic E-state index is -4.53. The third-order valence-electron chi connectivity index (χ3n) is 4.86. The molecule has 0 aliphatic carbocycles. The van der Waals surface area contributed by atoms with Crippen molar-refractivity contribution in [3.05, 3.63) is 52.2 Å². The van der Waals surface area contributed by atoms with Crippen molar-refractivity contribution in [2.45, 2.75) is 25.2 Å². The number of hydrogen-bond donors (Lipinski definition) is 2. The normalized spacial score (nSPS) is 17.7. The molecular formula is C20H24F3N3O2S. The Morgan fingerprint density at radius 3 is 2.59 bits per heavy atom. The van der Waals surface area contributed by atoms with Gasteiger partial charge < -0.3 is 15.4 Å². The van der Waals surface area contributed by atoms with Crippen molar-refractivity contribution in [3.63, 3.8) is 0 Å². The molecule has 2 heterocycles. The fourth-order valence-corrected chi connectivity index (χ4v) is 4.10. The zero-order chi connectivity index (χ0) is 20.9. The Morgan fingerprint density at radius 1 is 1.21 bits per heavy atom. The van der Waals surface area contributed by atoms with Gasteiger partial charge in [-0.05, 0) is 30.5 Å². The summed E-state index contributed by atoms with van der Waals surface area (Å²) in [6.07, 6.45) is -4.53. The molecule has 2 atom stereocenters. The Morgan fingerprint density at radius 2 is 1.93 bits per heavy atom. The molecule has 0 saturated carbocycles. The summed E-state index contributed by atoms with van der Waals surface area (Å²) in [5, 5.41) is 7.59. The SMILES string of the molecule is CC(NCC(c1cccs1)N1CCOCC1)C(=O)Nc1ccccc1C(F)(F)F. The molecule has 0 spiro atoms. The number of morpholine rings is 1. The summed E-state index contributed by atoms with van der Waals surface area (Å²) < 4.78 is 44.8. The van der Waals surface area contributed by atoms with Crippen LogP contribution in [0.1, 0.15) is 23.4 Å². The maximum absolute atomic E-state index is 13.1. The summed E-state index contributed by atoms with van der Waals surface area (Å²) in [5.41, 5.74) is -1.09. The number of carbonyl (C=O) groups excluding carboxylic acids is 1. The monoisotopic (exact) mass is 427 g/mol. The topological polar surface area (TPSA) is 53.6 Å². The zero-order valence-corrected chi connectivity index (χ0v) is 16.9. The van der Waals surface area contributed by atoms with Gasteiger partial charge in [0.1, 0.15) is 0 Å². The molecule has 1 amide bonds. The van der Waals surface area contributed by atoms with Crippen LogP contribution in [0.5, 0.6) is 0 Å². The predicted octanol–water partition coefficient (Wildman–Crippen LogP) is 3.76. The highest BCUT2D eigenvalue weighted by molar-refractivity contribution is 7.10. The minimum Gasteiger partial charge on any atom is -0.379 e. The molecule has 1 fully saturated rings. The Balaban J connectivity index is 1.63. The summed E-state index contributed by atoms with van der Waals surface area (Å²) in [4.78, 5) is 16.0. The summed E-state index contributed by atoms with van der Waals surface area (Å²) in [5.74, 6) is -0.506. The molecule has 1 aliphatic rings. The summed E-state index contributed by atoms with van der Waals surface area (Å²) in [7, 11) is 0. The van der Waals surface area contributed by atoms with Crippen molar-refractivity contribution in [2.75, 3.05) is 38.2 Å². The van der Waals surface area contributed by atoms with E-state index in [9.17, 15) is 18.0 Å². The number of thiophene rings is 1. The fraction of sp³-hybridized carbons (Fsp3) is 0.450. The first kappa shape index (κ1) is 21.8. The molecule has 5 nitrogen and oxygen atoms in total. The highest BCUT2D eigenvalue weighted by Gasteiger charge is 2.34. The number of alkyl halides is 3. The molecule has 1 aromatic carbocycles. The molecule has 29 heavy (non-hydrogen) atoms. The lowest BCUT2D eigenvalue weighted by Crippen LogP contribution is -2.46. The average molecular weight is 427 g/mol. The molecule has 1 saturated heterocycles. The Bertz CT molecular complexity index is 793. The second-order valence-corrected chi connectivity index (χ2v) is 7.82. The third-order valence-corrected chi connectivity index (χ3v) is 5.83. The van der Waals surface area contributed by atoms with Crippen LogP contribution in [0.2, 0.25) is 0 Å². The van der Waals surface area contributed by atoms with Gasteiger partial charge in [-0.1, -0.05) is 18.2 Å². The van der Waals surface area contributed by atoms with Gasteiger partial charge in [-0.3, -0.25) is 9.69 Å². The van der Waals surface area contributed by atoms with Crippen molar-refractivity contribution in [1.29, 1.82) is 0 Å². The molecule has 3 rings (SSSR count). The van der Waals surface area contributed by atoms with E-state index < -0.39 is 23.7 Å². The van der Waals surface area contributed by atoms with Gasteiger partial charge in [-0.2, -0.15) is 13.2 Å². The first-order valence-electron chi connectivity index (χ1n) is 9.42. The van der Waals surface area contributed by atoms with Gasteiger partial charge in [-0.15, -0.1) is 11.3 Å². The number of para-hydroxylation sites is 1. The van der Waals surface area contributed by atoms with Crippen LogP contribution < -0.4 is 10.6 Å². The molecule has 0 radical (unpaired) electrons. The van der Waals surface area contributed by atoms with Crippen molar-refractivity contribution >= 4 is 22.9 Å². The first-order chi connectivity index (χ1) is 13.9. The van der Waals surface area contributed by atoms with Crippen molar-refractivity contribution in [3.8, 4) is 0 Å². The second-order valence-electron chi connectivity index (χ2n) is 6.84. The molecule has 2 N–H and O–H groups in total. The average Bonchev–Trinajstić information content (AvgIpc) is 3.23. The molecule has 158 valence electrons. The summed E-state index contributed by atoms with van der Waals surface area (Å²) in [6, 6.07) is 8.45. The molecule has 1 aromatic heterocycles. The quantitative estimate of drug-likeness (QED) is 0.707. The van der Waals surface area contributed by atoms with E-state index in [4.69, 9.17) is 4.74 Å². The largest absolute Gasteiger partial charge is 0.418 e. The highest BCUT2D eigenvalue weighted by atomic mass is 32.1. The van der Waals surface area contributed by atoms with E-state index in [1.165, 1.54) is 23.1 Å². The summed E-state index contributed by atoms with van der Waals surface area (Å²) in [6.45, 7) is 5.07. The van der Waals surface area contributed by atoms with E-state index in [0.29, 0.717) is 19.8 Å². The second kappa shape index (κ2) is 9.71. The fourth-order valence-electron chi connectivity index (χ4n) is 3.24. The number of anilines is 1. The number of rotatable bonds is 7. The van der Waals surface area contributed by atoms with E-state index in [-0.39, 0.29) is 11.7 Å². The van der Waals surface area contributed by atoms with Crippen LogP contribution >= 0.6 is 11.3 Å². The summed E-state index contributed by atoms with van der Waals surface area (Å²) >= 11 is 1.64. The van der Waals surface area contributed by atoms with Gasteiger partial charge in [0.15, 0.2) is 0 Å². The van der Waals surface area contributed by atoms with Gasteiger partial charge in [0, 0.05) is 24.5 Å². The van der Waals surface area contributed by atoms with E-state index in [2.05, 4.69) is 21.6 Å². The standard InChI is InChI=1S/C20H24F3N3O2S/c1-14(19(27)25-16-6-3-2-5-15(16)20(21,22)23)24-13-17(18-7-4-12-29-18)26-8-10-28-11-9-26/h2-7,12,14,17,24H,8-11,13H2,1H3,(H,25,27). The first-order valence-corrected chi connectivity index (χ1v) is 10.3. The van der Waals surface area contributed by atoms with Crippen LogP contribution in [-0.2, 0) is 15.7 Å². The Kier molecular flexibility index (Phi) is 7.28. The third kappa shape index (κ3) is 5.79. The number of ether oxygens (including phenoxy) is 1. The molecule has 2 aromatic rings. The molecular weight excluding hydrogens is 403 g/mol. The van der Waals surface area contributed by atoms with Crippen LogP contribution in [0.3, 0.4) is 0 Å². The number of nitrogens with zero attached hydrogens (tertiary/aromatic N) is 1. The van der Waals surface area contributed by atoms with Crippen LogP contribution in [0.15, 0.2) is 41.8 Å². The van der Waals surface area contributed by atoms with Gasteiger partial charge in [-0.25, -0.2) is 0 Å². The van der Waals surface area contributed by atoms with E-state index in [1.54, 1.807) is 18.3 Å². The van der Waals surface area contributed by atoms with Crippen LogP contribution in [0, 0.1) is 0 Å². The van der Waals surface area contributed by atoms with Gasteiger partial charge in [0.05, 0.1) is 36.5 Å². The van der Waals surface area contributed by atoms with Crippen LogP contribution in [0.25, 0.3) is 0 Å². The number of hydrogen-bond acceptors (Lipinski definition) is 5. The van der Waals surface area contributed by atoms with E-state index in [1.807, 2.05) is 11.4 Å². The highest BCUT2D eigenvalue weighted by Crippen LogP contribution is 2.34. The zero-order valence-electron chi connectivity index (χ0n) is 16.0. The minimum absolute atomic E-state index is 0.0802. The molecule has 0 bridgehead atoms. The van der Waals surface area contributed by atoms with Gasteiger partial charge in [0.25, 0.3) is 0 Å².